The highest BCUT2D eigenvalue weighted by atomic mass is 16.1. The van der Waals surface area contributed by atoms with Crippen molar-refractivity contribution >= 4 is 11.6 Å². The molecule has 0 radical (unpaired) electrons. The second-order valence-electron chi connectivity index (χ2n) is 4.16. The number of rotatable bonds is 3. The molecule has 1 aromatic heterocycles. The summed E-state index contributed by atoms with van der Waals surface area (Å²) in [5, 5.41) is 0. The van der Waals surface area contributed by atoms with E-state index in [-0.39, 0.29) is 5.78 Å². The summed E-state index contributed by atoms with van der Waals surface area (Å²) in [6.07, 6.45) is 4.56. The van der Waals surface area contributed by atoms with Crippen molar-refractivity contribution in [3.63, 3.8) is 0 Å². The van der Waals surface area contributed by atoms with Crippen LogP contribution in [0.25, 0.3) is 0 Å². The maximum absolute atomic E-state index is 11.9. The molecule has 0 unspecified atom stereocenters. The van der Waals surface area contributed by atoms with Gasteiger partial charge in [0.05, 0.1) is 5.54 Å². The van der Waals surface area contributed by atoms with E-state index in [1.54, 1.807) is 12.3 Å². The molecule has 1 heterocycles. The monoisotopic (exact) mass is 205 g/mol. The van der Waals surface area contributed by atoms with Gasteiger partial charge in [-0.05, 0) is 25.3 Å². The number of carbonyl (C=O) groups is 1. The van der Waals surface area contributed by atoms with E-state index in [4.69, 9.17) is 11.5 Å². The van der Waals surface area contributed by atoms with E-state index < -0.39 is 5.54 Å². The van der Waals surface area contributed by atoms with Crippen molar-refractivity contribution < 1.29 is 4.79 Å². The molecule has 0 bridgehead atoms. The smallest absolute Gasteiger partial charge is 0.157 e. The van der Waals surface area contributed by atoms with E-state index in [1.807, 2.05) is 6.07 Å². The second kappa shape index (κ2) is 3.62. The molecule has 15 heavy (non-hydrogen) atoms. The van der Waals surface area contributed by atoms with Crippen LogP contribution < -0.4 is 11.5 Å². The normalized spacial score (nSPS) is 18.2. The molecule has 1 fully saturated rings. The molecule has 4 heteroatoms. The van der Waals surface area contributed by atoms with Crippen molar-refractivity contribution in [2.75, 3.05) is 5.73 Å². The lowest BCUT2D eigenvalue weighted by molar-refractivity contribution is -0.126. The summed E-state index contributed by atoms with van der Waals surface area (Å²) in [4.78, 5) is 15.8. The number of ketones is 1. The summed E-state index contributed by atoms with van der Waals surface area (Å²) in [6.45, 7) is 0. The van der Waals surface area contributed by atoms with Gasteiger partial charge in [-0.1, -0.05) is 6.07 Å². The molecule has 1 aliphatic rings. The van der Waals surface area contributed by atoms with E-state index >= 15 is 0 Å². The summed E-state index contributed by atoms with van der Waals surface area (Å²) in [7, 11) is 0. The van der Waals surface area contributed by atoms with E-state index in [0.29, 0.717) is 12.2 Å². The molecule has 1 aromatic rings. The van der Waals surface area contributed by atoms with Gasteiger partial charge in [-0.3, -0.25) is 4.79 Å². The predicted molar refractivity (Wildman–Crippen MR) is 58.1 cm³/mol. The van der Waals surface area contributed by atoms with Crippen molar-refractivity contribution in [3.8, 4) is 0 Å². The van der Waals surface area contributed by atoms with Crippen LogP contribution in [0.2, 0.25) is 0 Å². The first-order valence-corrected chi connectivity index (χ1v) is 5.13. The van der Waals surface area contributed by atoms with Crippen LogP contribution in [-0.4, -0.2) is 16.3 Å². The average Bonchev–Trinajstić information content (AvgIpc) is 2.18. The zero-order valence-corrected chi connectivity index (χ0v) is 8.57. The van der Waals surface area contributed by atoms with Crippen LogP contribution >= 0.6 is 0 Å². The molecule has 0 spiro atoms. The maximum Gasteiger partial charge on any atom is 0.157 e. The molecule has 1 saturated carbocycles. The van der Waals surface area contributed by atoms with Gasteiger partial charge in [-0.25, -0.2) is 4.98 Å². The molecule has 1 aliphatic carbocycles. The summed E-state index contributed by atoms with van der Waals surface area (Å²) >= 11 is 0. The van der Waals surface area contributed by atoms with Gasteiger partial charge < -0.3 is 11.5 Å². The Bertz CT molecular complexity index is 385. The standard InChI is InChI=1S/C11H15N3O/c12-10-8(3-1-6-14-10)7-9(15)11(13)4-2-5-11/h1,3,6H,2,4-5,7,13H2,(H2,12,14). The first kappa shape index (κ1) is 10.1. The van der Waals surface area contributed by atoms with Crippen molar-refractivity contribution in [1.82, 2.24) is 4.98 Å². The molecule has 0 aliphatic heterocycles. The Morgan fingerprint density at radius 1 is 1.53 bits per heavy atom. The van der Waals surface area contributed by atoms with Crippen molar-refractivity contribution in [2.45, 2.75) is 31.2 Å². The van der Waals surface area contributed by atoms with Gasteiger partial charge in [0.1, 0.15) is 5.82 Å². The van der Waals surface area contributed by atoms with Crippen molar-refractivity contribution in [3.05, 3.63) is 23.9 Å². The fraction of sp³-hybridized carbons (Fsp3) is 0.455. The highest BCUT2D eigenvalue weighted by Crippen LogP contribution is 2.31. The van der Waals surface area contributed by atoms with E-state index in [9.17, 15) is 4.79 Å². The van der Waals surface area contributed by atoms with Gasteiger partial charge in [-0.15, -0.1) is 0 Å². The van der Waals surface area contributed by atoms with Crippen molar-refractivity contribution in [2.24, 2.45) is 5.73 Å². The zero-order chi connectivity index (χ0) is 10.9. The Morgan fingerprint density at radius 3 is 2.80 bits per heavy atom. The molecule has 4 nitrogen and oxygen atoms in total. The maximum atomic E-state index is 11.9. The zero-order valence-electron chi connectivity index (χ0n) is 8.57. The molecule has 0 atom stereocenters. The number of aromatic nitrogens is 1. The van der Waals surface area contributed by atoms with Gasteiger partial charge in [0.2, 0.25) is 0 Å². The third-order valence-electron chi connectivity index (χ3n) is 3.08. The number of hydrogen-bond donors (Lipinski definition) is 2. The number of hydrogen-bond acceptors (Lipinski definition) is 4. The van der Waals surface area contributed by atoms with Gasteiger partial charge in [0.25, 0.3) is 0 Å². The van der Waals surface area contributed by atoms with Crippen LogP contribution in [0.5, 0.6) is 0 Å². The third-order valence-corrected chi connectivity index (χ3v) is 3.08. The SMILES string of the molecule is Nc1ncccc1CC(=O)C1(N)CCC1. The van der Waals surface area contributed by atoms with Gasteiger partial charge in [0, 0.05) is 18.2 Å². The molecular formula is C11H15N3O. The molecule has 80 valence electrons. The summed E-state index contributed by atoms with van der Waals surface area (Å²) < 4.78 is 0. The van der Waals surface area contributed by atoms with Gasteiger partial charge in [-0.2, -0.15) is 0 Å². The molecule has 0 amide bonds. The highest BCUT2D eigenvalue weighted by molar-refractivity contribution is 5.91. The Balaban J connectivity index is 2.09. The fourth-order valence-corrected chi connectivity index (χ4v) is 1.79. The second-order valence-corrected chi connectivity index (χ2v) is 4.16. The molecule has 0 saturated heterocycles. The lowest BCUT2D eigenvalue weighted by Gasteiger charge is -2.36. The number of nitrogen functional groups attached to an aromatic ring is 1. The van der Waals surface area contributed by atoms with Gasteiger partial charge in [0.15, 0.2) is 5.78 Å². The first-order chi connectivity index (χ1) is 7.12. The molecule has 2 rings (SSSR count). The molecular weight excluding hydrogens is 190 g/mol. The quantitative estimate of drug-likeness (QED) is 0.759. The number of nitrogens with zero attached hydrogens (tertiary/aromatic N) is 1. The summed E-state index contributed by atoms with van der Waals surface area (Å²) in [5.41, 5.74) is 11.8. The Morgan fingerprint density at radius 2 is 2.27 bits per heavy atom. The van der Waals surface area contributed by atoms with Crippen LogP contribution in [0.1, 0.15) is 24.8 Å². The van der Waals surface area contributed by atoms with Crippen molar-refractivity contribution in [1.29, 1.82) is 0 Å². The Hall–Kier alpha value is -1.42. The predicted octanol–water partition coefficient (Wildman–Crippen LogP) is 0.657. The van der Waals surface area contributed by atoms with Crippen LogP contribution in [0.15, 0.2) is 18.3 Å². The van der Waals surface area contributed by atoms with Crippen LogP contribution in [0, 0.1) is 0 Å². The van der Waals surface area contributed by atoms with Crippen LogP contribution in [0.4, 0.5) is 5.82 Å². The number of anilines is 1. The number of nitrogens with two attached hydrogens (primary N) is 2. The minimum absolute atomic E-state index is 0.0773. The lowest BCUT2D eigenvalue weighted by atomic mass is 9.73. The van der Waals surface area contributed by atoms with Crippen LogP contribution in [0.3, 0.4) is 0 Å². The lowest BCUT2D eigenvalue weighted by Crippen LogP contribution is -2.54. The third kappa shape index (κ3) is 1.85. The molecule has 4 N–H and O–H groups in total. The Labute approximate surface area is 88.7 Å². The number of carbonyl (C=O) groups excluding carboxylic acids is 1. The van der Waals surface area contributed by atoms with E-state index in [1.165, 1.54) is 0 Å². The topological polar surface area (TPSA) is 82.0 Å². The van der Waals surface area contributed by atoms with Gasteiger partial charge >= 0.3 is 0 Å². The number of pyridine rings is 1. The Kier molecular flexibility index (Phi) is 2.44. The minimum Gasteiger partial charge on any atom is -0.383 e. The largest absolute Gasteiger partial charge is 0.383 e. The minimum atomic E-state index is -0.595. The highest BCUT2D eigenvalue weighted by Gasteiger charge is 2.39. The van der Waals surface area contributed by atoms with E-state index in [2.05, 4.69) is 4.98 Å². The molecule has 0 aromatic carbocycles. The fourth-order valence-electron chi connectivity index (χ4n) is 1.79. The van der Waals surface area contributed by atoms with Crippen LogP contribution in [-0.2, 0) is 11.2 Å². The number of Topliss-reactive ketones (excluding diaryl/α,β-unsaturated/α-hetero) is 1. The van der Waals surface area contributed by atoms with E-state index in [0.717, 1.165) is 24.8 Å². The average molecular weight is 205 g/mol. The summed E-state index contributed by atoms with van der Waals surface area (Å²) in [5.74, 6) is 0.502. The first-order valence-electron chi connectivity index (χ1n) is 5.13. The summed E-state index contributed by atoms with van der Waals surface area (Å²) in [6, 6.07) is 3.60.